The van der Waals surface area contributed by atoms with E-state index in [-0.39, 0.29) is 0 Å². The summed E-state index contributed by atoms with van der Waals surface area (Å²) in [6.45, 7) is 7.98. The molecule has 116 valence electrons. The molecule has 0 amide bonds. The largest absolute Gasteiger partial charge is 0.361 e. The van der Waals surface area contributed by atoms with E-state index in [0.717, 1.165) is 45.1 Å². The maximum absolute atomic E-state index is 5.34. The molecule has 3 heterocycles. The molecule has 0 radical (unpaired) electrons. The van der Waals surface area contributed by atoms with Crippen LogP contribution in [-0.4, -0.2) is 19.7 Å². The normalized spacial score (nSPS) is 11.5. The first kappa shape index (κ1) is 13.8. The lowest BCUT2D eigenvalue weighted by Crippen LogP contribution is -1.97. The standard InChI is InChI=1S/C18H18N4O/c1-10-6-5-7-22(10)16-9-14(17-11(2)21-23-12(17)3)8-15-18(16)20-13(4)19-15/h5-9H,1-4H3,(H,19,20). The van der Waals surface area contributed by atoms with Crippen molar-refractivity contribution in [1.29, 1.82) is 0 Å². The molecule has 0 aliphatic carbocycles. The third kappa shape index (κ3) is 2.08. The van der Waals surface area contributed by atoms with E-state index < -0.39 is 0 Å². The van der Waals surface area contributed by atoms with Gasteiger partial charge >= 0.3 is 0 Å². The Morgan fingerprint density at radius 3 is 2.61 bits per heavy atom. The molecule has 1 aromatic carbocycles. The molecule has 5 nitrogen and oxygen atoms in total. The molecular formula is C18H18N4O. The molecule has 0 spiro atoms. The van der Waals surface area contributed by atoms with Gasteiger partial charge in [-0.25, -0.2) is 4.98 Å². The van der Waals surface area contributed by atoms with Crippen molar-refractivity contribution in [3.63, 3.8) is 0 Å². The summed E-state index contributed by atoms with van der Waals surface area (Å²) < 4.78 is 7.50. The van der Waals surface area contributed by atoms with Crippen LogP contribution in [0, 0.1) is 27.7 Å². The highest BCUT2D eigenvalue weighted by Gasteiger charge is 2.16. The van der Waals surface area contributed by atoms with E-state index in [1.54, 1.807) is 0 Å². The van der Waals surface area contributed by atoms with Crippen molar-refractivity contribution in [2.45, 2.75) is 27.7 Å². The zero-order valence-electron chi connectivity index (χ0n) is 13.6. The molecule has 4 rings (SSSR count). The van der Waals surface area contributed by atoms with Gasteiger partial charge in [0.25, 0.3) is 0 Å². The van der Waals surface area contributed by atoms with Gasteiger partial charge < -0.3 is 14.1 Å². The molecule has 1 N–H and O–H groups in total. The van der Waals surface area contributed by atoms with Crippen molar-refractivity contribution >= 4 is 11.0 Å². The Hall–Kier alpha value is -2.82. The monoisotopic (exact) mass is 306 g/mol. The molecule has 23 heavy (non-hydrogen) atoms. The first-order valence-corrected chi connectivity index (χ1v) is 7.62. The number of nitrogens with one attached hydrogen (secondary N) is 1. The van der Waals surface area contributed by atoms with E-state index >= 15 is 0 Å². The number of H-pyrrole nitrogens is 1. The van der Waals surface area contributed by atoms with Crippen LogP contribution < -0.4 is 0 Å². The number of rotatable bonds is 2. The number of nitrogens with zero attached hydrogens (tertiary/aromatic N) is 3. The summed E-state index contributed by atoms with van der Waals surface area (Å²) in [6.07, 6.45) is 2.06. The van der Waals surface area contributed by atoms with E-state index in [0.29, 0.717) is 0 Å². The molecule has 0 aliphatic heterocycles. The van der Waals surface area contributed by atoms with E-state index in [4.69, 9.17) is 4.52 Å². The maximum Gasteiger partial charge on any atom is 0.141 e. The second kappa shape index (κ2) is 4.84. The lowest BCUT2D eigenvalue weighted by atomic mass is 10.0. The lowest BCUT2D eigenvalue weighted by molar-refractivity contribution is 0.393. The van der Waals surface area contributed by atoms with Crippen LogP contribution in [0.5, 0.6) is 0 Å². The van der Waals surface area contributed by atoms with Crippen molar-refractivity contribution in [3.8, 4) is 16.8 Å². The molecule has 0 aliphatic rings. The molecule has 0 saturated carbocycles. The second-order valence-electron chi connectivity index (χ2n) is 5.93. The average molecular weight is 306 g/mol. The number of aromatic amines is 1. The summed E-state index contributed by atoms with van der Waals surface area (Å²) in [4.78, 5) is 8.01. The Balaban J connectivity index is 2.07. The predicted molar refractivity (Wildman–Crippen MR) is 89.9 cm³/mol. The first-order chi connectivity index (χ1) is 11.0. The Kier molecular flexibility index (Phi) is 2.91. The predicted octanol–water partition coefficient (Wildman–Crippen LogP) is 4.24. The van der Waals surface area contributed by atoms with E-state index in [1.807, 2.05) is 26.8 Å². The number of imidazole rings is 1. The maximum atomic E-state index is 5.34. The van der Waals surface area contributed by atoms with E-state index in [1.165, 1.54) is 5.69 Å². The number of hydrogen-bond acceptors (Lipinski definition) is 3. The van der Waals surface area contributed by atoms with Crippen molar-refractivity contribution < 1.29 is 4.52 Å². The molecule has 0 unspecified atom stereocenters. The average Bonchev–Trinajstić information content (AvgIpc) is 3.17. The van der Waals surface area contributed by atoms with Crippen molar-refractivity contribution in [2.75, 3.05) is 0 Å². The van der Waals surface area contributed by atoms with Crippen LogP contribution in [0.15, 0.2) is 35.0 Å². The zero-order valence-corrected chi connectivity index (χ0v) is 13.6. The van der Waals surface area contributed by atoms with E-state index in [9.17, 15) is 0 Å². The van der Waals surface area contributed by atoms with Crippen molar-refractivity contribution in [2.24, 2.45) is 0 Å². The van der Waals surface area contributed by atoms with Crippen LogP contribution in [0.1, 0.15) is 23.0 Å². The van der Waals surface area contributed by atoms with Gasteiger partial charge in [-0.1, -0.05) is 5.16 Å². The van der Waals surface area contributed by atoms with Crippen LogP contribution in [0.3, 0.4) is 0 Å². The first-order valence-electron chi connectivity index (χ1n) is 7.62. The minimum Gasteiger partial charge on any atom is -0.361 e. The van der Waals surface area contributed by atoms with Gasteiger partial charge in [-0.3, -0.25) is 0 Å². The minimum atomic E-state index is 0.827. The van der Waals surface area contributed by atoms with Crippen molar-refractivity contribution in [3.05, 3.63) is 53.4 Å². The lowest BCUT2D eigenvalue weighted by Gasteiger charge is -2.10. The summed E-state index contributed by atoms with van der Waals surface area (Å²) in [5.74, 6) is 1.73. The smallest absolute Gasteiger partial charge is 0.141 e. The highest BCUT2D eigenvalue weighted by atomic mass is 16.5. The van der Waals surface area contributed by atoms with Gasteiger partial charge in [-0.2, -0.15) is 0 Å². The van der Waals surface area contributed by atoms with Gasteiger partial charge in [-0.05, 0) is 57.5 Å². The number of fused-ring (bicyclic) bond motifs is 1. The number of hydrogen-bond donors (Lipinski definition) is 1. The summed E-state index contributed by atoms with van der Waals surface area (Å²) in [5, 5.41) is 4.08. The third-order valence-electron chi connectivity index (χ3n) is 4.22. The molecule has 0 fully saturated rings. The Labute approximate surface area is 134 Å². The Bertz CT molecular complexity index is 1000. The van der Waals surface area contributed by atoms with Crippen molar-refractivity contribution in [1.82, 2.24) is 19.7 Å². The molecule has 3 aromatic heterocycles. The van der Waals surface area contributed by atoms with Crippen LogP contribution in [-0.2, 0) is 0 Å². The molecule has 5 heteroatoms. The van der Waals surface area contributed by atoms with E-state index in [2.05, 4.69) is 51.0 Å². The van der Waals surface area contributed by atoms with Crippen LogP contribution in [0.25, 0.3) is 27.8 Å². The zero-order chi connectivity index (χ0) is 16.1. The second-order valence-corrected chi connectivity index (χ2v) is 5.93. The van der Waals surface area contributed by atoms with Gasteiger partial charge in [0.15, 0.2) is 0 Å². The highest BCUT2D eigenvalue weighted by Crippen LogP contribution is 2.33. The fourth-order valence-corrected chi connectivity index (χ4v) is 3.18. The molecule has 4 aromatic rings. The summed E-state index contributed by atoms with van der Waals surface area (Å²) in [7, 11) is 0. The fourth-order valence-electron chi connectivity index (χ4n) is 3.18. The Morgan fingerprint density at radius 1 is 1.13 bits per heavy atom. The number of benzene rings is 1. The summed E-state index contributed by atoms with van der Waals surface area (Å²) in [5.41, 5.74) is 7.24. The topological polar surface area (TPSA) is 59.6 Å². The quantitative estimate of drug-likeness (QED) is 0.602. The summed E-state index contributed by atoms with van der Waals surface area (Å²) >= 11 is 0. The SMILES string of the molecule is Cc1nc2c(-n3cccc3C)cc(-c3c(C)noc3C)cc2[nH]1. The molecular weight excluding hydrogens is 288 g/mol. The van der Waals surface area contributed by atoms with Gasteiger partial charge in [-0.15, -0.1) is 0 Å². The Morgan fingerprint density at radius 2 is 1.96 bits per heavy atom. The number of aryl methyl sites for hydroxylation is 4. The summed E-state index contributed by atoms with van der Waals surface area (Å²) in [6, 6.07) is 8.41. The van der Waals surface area contributed by atoms with Gasteiger partial charge in [0, 0.05) is 17.5 Å². The third-order valence-corrected chi connectivity index (χ3v) is 4.22. The fraction of sp³-hybridized carbons (Fsp3) is 0.222. The highest BCUT2D eigenvalue weighted by molar-refractivity contribution is 5.90. The van der Waals surface area contributed by atoms with Crippen LogP contribution in [0.2, 0.25) is 0 Å². The van der Waals surface area contributed by atoms with Gasteiger partial charge in [0.1, 0.15) is 17.1 Å². The number of aromatic nitrogens is 4. The molecule has 0 saturated heterocycles. The van der Waals surface area contributed by atoms with Gasteiger partial charge in [0.2, 0.25) is 0 Å². The minimum absolute atomic E-state index is 0.827. The molecule has 0 atom stereocenters. The van der Waals surface area contributed by atoms with Crippen LogP contribution >= 0.6 is 0 Å². The van der Waals surface area contributed by atoms with Gasteiger partial charge in [0.05, 0.1) is 16.9 Å². The molecule has 0 bridgehead atoms. The van der Waals surface area contributed by atoms with Crippen LogP contribution in [0.4, 0.5) is 0 Å².